The van der Waals surface area contributed by atoms with Gasteiger partial charge in [-0.25, -0.2) is 4.98 Å². The number of aliphatic hydroxyl groups excluding tert-OH is 1. The summed E-state index contributed by atoms with van der Waals surface area (Å²) in [6.07, 6.45) is 3.80. The zero-order chi connectivity index (χ0) is 13.0. The third-order valence-electron chi connectivity index (χ3n) is 2.45. The molecule has 2 aromatic heterocycles. The topological polar surface area (TPSA) is 68.1 Å². The van der Waals surface area contributed by atoms with Crippen molar-refractivity contribution in [3.05, 3.63) is 41.6 Å². The molecule has 0 atom stereocenters. The van der Waals surface area contributed by atoms with Gasteiger partial charge in [-0.15, -0.1) is 0 Å². The molecule has 0 spiro atoms. The van der Waals surface area contributed by atoms with Gasteiger partial charge in [-0.2, -0.15) is 0 Å². The second-order valence-electron chi connectivity index (χ2n) is 3.86. The van der Waals surface area contributed by atoms with Crippen LogP contribution >= 0.6 is 0 Å². The Hall–Kier alpha value is -2.01. The van der Waals surface area contributed by atoms with Crippen LogP contribution < -0.4 is 4.74 Å². The molecular formula is C13H15N3O2. The first-order valence-electron chi connectivity index (χ1n) is 5.79. The summed E-state index contributed by atoms with van der Waals surface area (Å²) in [5.74, 6) is 1.04. The number of aromatic nitrogens is 3. The molecule has 5 nitrogen and oxygen atoms in total. The van der Waals surface area contributed by atoms with Crippen LogP contribution in [0.1, 0.15) is 24.0 Å². The van der Waals surface area contributed by atoms with Crippen LogP contribution in [0.4, 0.5) is 0 Å². The van der Waals surface area contributed by atoms with Crippen molar-refractivity contribution in [1.82, 2.24) is 15.0 Å². The molecule has 0 bridgehead atoms. The van der Waals surface area contributed by atoms with E-state index in [-0.39, 0.29) is 6.61 Å². The lowest BCUT2D eigenvalue weighted by Crippen LogP contribution is -1.99. The minimum absolute atomic E-state index is 0.156. The average molecular weight is 245 g/mol. The van der Waals surface area contributed by atoms with E-state index in [9.17, 15) is 0 Å². The summed E-state index contributed by atoms with van der Waals surface area (Å²) in [6.45, 7) is 3.80. The molecule has 0 aliphatic carbocycles. The Bertz CT molecular complexity index is 544. The first-order valence-corrected chi connectivity index (χ1v) is 5.79. The van der Waals surface area contributed by atoms with Gasteiger partial charge in [0.15, 0.2) is 5.75 Å². The van der Waals surface area contributed by atoms with E-state index in [1.54, 1.807) is 0 Å². The van der Waals surface area contributed by atoms with Crippen molar-refractivity contribution in [3.63, 3.8) is 0 Å². The van der Waals surface area contributed by atoms with Crippen LogP contribution in [-0.2, 0) is 13.0 Å². The molecule has 94 valence electrons. The maximum absolute atomic E-state index is 8.99. The molecule has 5 heteroatoms. The number of aliphatic hydroxyl groups is 1. The van der Waals surface area contributed by atoms with Gasteiger partial charge in [0.2, 0.25) is 5.88 Å². The monoisotopic (exact) mass is 245 g/mol. The van der Waals surface area contributed by atoms with Crippen molar-refractivity contribution in [2.24, 2.45) is 0 Å². The fraction of sp³-hybridized carbons (Fsp3) is 0.308. The van der Waals surface area contributed by atoms with Crippen molar-refractivity contribution in [2.75, 3.05) is 0 Å². The van der Waals surface area contributed by atoms with Crippen LogP contribution in [-0.4, -0.2) is 20.1 Å². The molecule has 1 N–H and O–H groups in total. The fourth-order valence-corrected chi connectivity index (χ4v) is 1.57. The molecule has 0 radical (unpaired) electrons. The van der Waals surface area contributed by atoms with Crippen molar-refractivity contribution in [2.45, 2.75) is 26.9 Å². The molecule has 2 heterocycles. The number of hydrogen-bond donors (Lipinski definition) is 1. The van der Waals surface area contributed by atoms with E-state index < -0.39 is 0 Å². The molecular weight excluding hydrogens is 230 g/mol. The van der Waals surface area contributed by atoms with E-state index in [0.29, 0.717) is 17.3 Å². The Morgan fingerprint density at radius 2 is 2.06 bits per heavy atom. The summed E-state index contributed by atoms with van der Waals surface area (Å²) in [4.78, 5) is 12.5. The quantitative estimate of drug-likeness (QED) is 0.892. The maximum atomic E-state index is 8.99. The number of rotatable bonds is 4. The van der Waals surface area contributed by atoms with Gasteiger partial charge < -0.3 is 9.84 Å². The number of ether oxygens (including phenoxy) is 1. The normalized spacial score (nSPS) is 10.4. The maximum Gasteiger partial charge on any atom is 0.238 e. The van der Waals surface area contributed by atoms with E-state index in [0.717, 1.165) is 17.8 Å². The van der Waals surface area contributed by atoms with Gasteiger partial charge in [0.1, 0.15) is 0 Å². The highest BCUT2D eigenvalue weighted by atomic mass is 16.5. The Morgan fingerprint density at radius 1 is 1.22 bits per heavy atom. The SMILES string of the molecule is CCc1nc(C)ccc1Oc1cncc(CO)n1. The molecule has 0 amide bonds. The van der Waals surface area contributed by atoms with Gasteiger partial charge >= 0.3 is 0 Å². The Kier molecular flexibility index (Phi) is 3.84. The first-order chi connectivity index (χ1) is 8.72. The Balaban J connectivity index is 2.27. The third kappa shape index (κ3) is 2.81. The lowest BCUT2D eigenvalue weighted by molar-refractivity contribution is 0.274. The van der Waals surface area contributed by atoms with Crippen molar-refractivity contribution >= 4 is 0 Å². The third-order valence-corrected chi connectivity index (χ3v) is 2.45. The van der Waals surface area contributed by atoms with Crippen LogP contribution in [0.3, 0.4) is 0 Å². The van der Waals surface area contributed by atoms with E-state index in [2.05, 4.69) is 15.0 Å². The van der Waals surface area contributed by atoms with Gasteiger partial charge in [0.25, 0.3) is 0 Å². The molecule has 0 unspecified atom stereocenters. The highest BCUT2D eigenvalue weighted by Crippen LogP contribution is 2.23. The number of hydrogen-bond acceptors (Lipinski definition) is 5. The molecule has 0 fully saturated rings. The largest absolute Gasteiger partial charge is 0.436 e. The lowest BCUT2D eigenvalue weighted by Gasteiger charge is -2.09. The second-order valence-corrected chi connectivity index (χ2v) is 3.86. The van der Waals surface area contributed by atoms with Crippen LogP contribution in [0.5, 0.6) is 11.6 Å². The van der Waals surface area contributed by atoms with Crippen molar-refractivity contribution in [3.8, 4) is 11.6 Å². The van der Waals surface area contributed by atoms with Gasteiger partial charge in [-0.1, -0.05) is 6.92 Å². The average Bonchev–Trinajstić information content (AvgIpc) is 2.41. The molecule has 0 aromatic carbocycles. The standard InChI is InChI=1S/C13H15N3O2/c1-3-11-12(5-4-9(2)15-11)18-13-7-14-6-10(8-17)16-13/h4-7,17H,3,8H2,1-2H3. The highest BCUT2D eigenvalue weighted by Gasteiger charge is 2.07. The van der Waals surface area contributed by atoms with Gasteiger partial charge in [-0.05, 0) is 25.5 Å². The predicted octanol–water partition coefficient (Wildman–Crippen LogP) is 2.03. The van der Waals surface area contributed by atoms with Gasteiger partial charge in [0, 0.05) is 5.69 Å². The summed E-state index contributed by atoms with van der Waals surface area (Å²) in [5, 5.41) is 8.99. The van der Waals surface area contributed by atoms with Crippen LogP contribution in [0.15, 0.2) is 24.5 Å². The Morgan fingerprint density at radius 3 is 2.78 bits per heavy atom. The lowest BCUT2D eigenvalue weighted by atomic mass is 10.2. The summed E-state index contributed by atoms with van der Waals surface area (Å²) in [5.41, 5.74) is 2.31. The van der Waals surface area contributed by atoms with Gasteiger partial charge in [-0.3, -0.25) is 9.97 Å². The summed E-state index contributed by atoms with van der Waals surface area (Å²) in [7, 11) is 0. The minimum Gasteiger partial charge on any atom is -0.436 e. The minimum atomic E-state index is -0.156. The zero-order valence-corrected chi connectivity index (χ0v) is 10.4. The molecule has 0 aliphatic heterocycles. The summed E-state index contributed by atoms with van der Waals surface area (Å²) < 4.78 is 5.65. The van der Waals surface area contributed by atoms with E-state index >= 15 is 0 Å². The Labute approximate surface area is 106 Å². The first kappa shape index (κ1) is 12.4. The zero-order valence-electron chi connectivity index (χ0n) is 10.4. The molecule has 18 heavy (non-hydrogen) atoms. The van der Waals surface area contributed by atoms with Crippen LogP contribution in [0, 0.1) is 6.92 Å². The highest BCUT2D eigenvalue weighted by molar-refractivity contribution is 5.32. The van der Waals surface area contributed by atoms with Crippen LogP contribution in [0.25, 0.3) is 0 Å². The summed E-state index contributed by atoms with van der Waals surface area (Å²) >= 11 is 0. The van der Waals surface area contributed by atoms with E-state index in [1.165, 1.54) is 12.4 Å². The van der Waals surface area contributed by atoms with Gasteiger partial charge in [0.05, 0.1) is 30.4 Å². The summed E-state index contributed by atoms with van der Waals surface area (Å²) in [6, 6.07) is 3.76. The molecule has 0 saturated heterocycles. The smallest absolute Gasteiger partial charge is 0.238 e. The van der Waals surface area contributed by atoms with Crippen LogP contribution in [0.2, 0.25) is 0 Å². The molecule has 2 rings (SSSR count). The van der Waals surface area contributed by atoms with E-state index in [1.807, 2.05) is 26.0 Å². The predicted molar refractivity (Wildman–Crippen MR) is 66.4 cm³/mol. The number of aryl methyl sites for hydroxylation is 2. The van der Waals surface area contributed by atoms with E-state index in [4.69, 9.17) is 9.84 Å². The second kappa shape index (κ2) is 5.55. The van der Waals surface area contributed by atoms with Crippen molar-refractivity contribution < 1.29 is 9.84 Å². The molecule has 2 aromatic rings. The molecule has 0 saturated carbocycles. The number of pyridine rings is 1. The van der Waals surface area contributed by atoms with Crippen molar-refractivity contribution in [1.29, 1.82) is 0 Å². The fourth-order valence-electron chi connectivity index (χ4n) is 1.57. The number of nitrogens with zero attached hydrogens (tertiary/aromatic N) is 3. The molecule has 0 aliphatic rings.